The summed E-state index contributed by atoms with van der Waals surface area (Å²) in [5, 5.41) is 5.26. The average molecular weight is 250 g/mol. The van der Waals surface area contributed by atoms with Crippen molar-refractivity contribution in [1.29, 1.82) is 0 Å². The number of pyridine rings is 1. The average Bonchev–Trinajstić information content (AvgIpc) is 2.46. The van der Waals surface area contributed by atoms with Gasteiger partial charge in [0.25, 0.3) is 0 Å². The normalized spacial score (nSPS) is 10.6. The number of hydrogen-bond acceptors (Lipinski definition) is 4. The van der Waals surface area contributed by atoms with E-state index in [0.29, 0.717) is 5.82 Å². The first-order chi connectivity index (χ1) is 9.28. The van der Waals surface area contributed by atoms with Crippen molar-refractivity contribution in [2.75, 3.05) is 12.4 Å². The highest BCUT2D eigenvalue weighted by molar-refractivity contribution is 5.92. The van der Waals surface area contributed by atoms with Crippen molar-refractivity contribution in [2.45, 2.75) is 6.92 Å². The lowest BCUT2D eigenvalue weighted by Crippen LogP contribution is -2.00. The minimum absolute atomic E-state index is 0.654. The molecule has 2 aromatic heterocycles. The second-order valence-electron chi connectivity index (χ2n) is 4.35. The van der Waals surface area contributed by atoms with Gasteiger partial charge < -0.3 is 5.32 Å². The van der Waals surface area contributed by atoms with E-state index in [4.69, 9.17) is 0 Å². The highest BCUT2D eigenvalue weighted by Crippen LogP contribution is 2.24. The van der Waals surface area contributed by atoms with Gasteiger partial charge >= 0.3 is 0 Å². The Morgan fingerprint density at radius 2 is 1.89 bits per heavy atom. The monoisotopic (exact) mass is 250 g/mol. The molecule has 3 aromatic rings. The Morgan fingerprint density at radius 3 is 2.74 bits per heavy atom. The second-order valence-corrected chi connectivity index (χ2v) is 4.35. The van der Waals surface area contributed by atoms with Crippen molar-refractivity contribution in [3.05, 3.63) is 48.3 Å². The summed E-state index contributed by atoms with van der Waals surface area (Å²) < 4.78 is 0. The topological polar surface area (TPSA) is 50.7 Å². The maximum atomic E-state index is 4.49. The Kier molecular flexibility index (Phi) is 2.83. The summed E-state index contributed by atoms with van der Waals surface area (Å²) in [7, 11) is 1.85. The number of anilines is 1. The van der Waals surface area contributed by atoms with E-state index in [1.54, 1.807) is 6.20 Å². The number of nitrogens with zero attached hydrogens (tertiary/aromatic N) is 3. The van der Waals surface area contributed by atoms with Gasteiger partial charge in [-0.05, 0) is 18.4 Å². The van der Waals surface area contributed by atoms with Gasteiger partial charge in [0.05, 0.1) is 0 Å². The van der Waals surface area contributed by atoms with Crippen molar-refractivity contribution in [3.63, 3.8) is 0 Å². The Labute approximate surface area is 111 Å². The Hall–Kier alpha value is -2.49. The van der Waals surface area contributed by atoms with Crippen LogP contribution in [0.1, 0.15) is 5.69 Å². The number of fused-ring (bicyclic) bond motifs is 1. The number of aryl methyl sites for hydroxylation is 1. The molecule has 0 amide bonds. The first kappa shape index (κ1) is 11.6. The molecule has 0 radical (unpaired) electrons. The van der Waals surface area contributed by atoms with Crippen LogP contribution in [-0.4, -0.2) is 22.0 Å². The van der Waals surface area contributed by atoms with Gasteiger partial charge in [0.2, 0.25) is 0 Å². The fourth-order valence-corrected chi connectivity index (χ4v) is 2.10. The Balaban J connectivity index is 2.27. The van der Waals surface area contributed by atoms with Gasteiger partial charge in [-0.25, -0.2) is 9.97 Å². The van der Waals surface area contributed by atoms with Gasteiger partial charge in [0, 0.05) is 30.4 Å². The first-order valence-corrected chi connectivity index (χ1v) is 6.15. The van der Waals surface area contributed by atoms with Gasteiger partial charge in [0.1, 0.15) is 11.5 Å². The minimum Gasteiger partial charge on any atom is -0.373 e. The lowest BCUT2D eigenvalue weighted by Gasteiger charge is -2.07. The summed E-state index contributed by atoms with van der Waals surface area (Å²) in [5.41, 5.74) is 1.74. The molecule has 0 saturated carbocycles. The lowest BCUT2D eigenvalue weighted by molar-refractivity contribution is 1.09. The summed E-state index contributed by atoms with van der Waals surface area (Å²) in [6.45, 7) is 1.96. The van der Waals surface area contributed by atoms with E-state index in [-0.39, 0.29) is 0 Å². The Morgan fingerprint density at radius 1 is 1.05 bits per heavy atom. The van der Waals surface area contributed by atoms with Gasteiger partial charge in [-0.3, -0.25) is 4.98 Å². The molecule has 3 rings (SSSR count). The predicted octanol–water partition coefficient (Wildman–Crippen LogP) is 3.04. The van der Waals surface area contributed by atoms with Crippen LogP contribution >= 0.6 is 0 Å². The number of nitrogens with one attached hydrogen (secondary N) is 1. The van der Waals surface area contributed by atoms with Crippen LogP contribution in [0.5, 0.6) is 0 Å². The molecular formula is C15H14N4. The number of hydrogen-bond donors (Lipinski definition) is 1. The third kappa shape index (κ3) is 2.12. The zero-order valence-corrected chi connectivity index (χ0v) is 10.9. The molecule has 0 unspecified atom stereocenters. The minimum atomic E-state index is 0.654. The number of rotatable bonds is 2. The fourth-order valence-electron chi connectivity index (χ4n) is 2.10. The molecule has 0 atom stereocenters. The molecule has 2 heterocycles. The summed E-state index contributed by atoms with van der Waals surface area (Å²) in [4.78, 5) is 13.4. The van der Waals surface area contributed by atoms with Crippen LogP contribution in [-0.2, 0) is 0 Å². The maximum Gasteiger partial charge on any atom is 0.181 e. The molecule has 0 aliphatic rings. The van der Waals surface area contributed by atoms with Crippen LogP contribution in [0.15, 0.2) is 42.6 Å². The van der Waals surface area contributed by atoms with Crippen molar-refractivity contribution in [3.8, 4) is 11.5 Å². The predicted molar refractivity (Wildman–Crippen MR) is 77.1 cm³/mol. The summed E-state index contributed by atoms with van der Waals surface area (Å²) in [5.74, 6) is 1.46. The van der Waals surface area contributed by atoms with E-state index in [9.17, 15) is 0 Å². The first-order valence-electron chi connectivity index (χ1n) is 6.15. The quantitative estimate of drug-likeness (QED) is 0.759. The molecule has 0 spiro atoms. The van der Waals surface area contributed by atoms with E-state index >= 15 is 0 Å². The highest BCUT2D eigenvalue weighted by Gasteiger charge is 2.09. The van der Waals surface area contributed by atoms with Gasteiger partial charge in [-0.15, -0.1) is 0 Å². The van der Waals surface area contributed by atoms with E-state index in [0.717, 1.165) is 28.0 Å². The molecule has 0 aliphatic heterocycles. The molecule has 94 valence electrons. The van der Waals surface area contributed by atoms with E-state index < -0.39 is 0 Å². The van der Waals surface area contributed by atoms with E-state index in [2.05, 4.69) is 26.3 Å². The van der Waals surface area contributed by atoms with Crippen LogP contribution in [0, 0.1) is 6.92 Å². The molecule has 0 saturated heterocycles. The van der Waals surface area contributed by atoms with Crippen molar-refractivity contribution in [2.24, 2.45) is 0 Å². The summed E-state index contributed by atoms with van der Waals surface area (Å²) in [6.07, 6.45) is 1.79. The molecule has 1 aromatic carbocycles. The largest absolute Gasteiger partial charge is 0.373 e. The lowest BCUT2D eigenvalue weighted by atomic mass is 10.1. The molecule has 0 fully saturated rings. The van der Waals surface area contributed by atoms with E-state index in [1.165, 1.54) is 0 Å². The third-order valence-corrected chi connectivity index (χ3v) is 3.00. The van der Waals surface area contributed by atoms with Crippen LogP contribution in [0.25, 0.3) is 22.3 Å². The maximum absolute atomic E-state index is 4.49. The Bertz CT molecular complexity index is 732. The summed E-state index contributed by atoms with van der Waals surface area (Å²) >= 11 is 0. The molecule has 4 heteroatoms. The molecular weight excluding hydrogens is 236 g/mol. The van der Waals surface area contributed by atoms with Crippen molar-refractivity contribution < 1.29 is 0 Å². The molecule has 19 heavy (non-hydrogen) atoms. The zero-order valence-electron chi connectivity index (χ0n) is 10.9. The molecule has 0 bridgehead atoms. The standard InChI is InChI=1S/C15H14N4/c1-10-9-13(16-2)19-15(18-10)14-12-6-4-3-5-11(12)7-8-17-14/h3-9H,1-2H3,(H,16,18,19). The third-order valence-electron chi connectivity index (χ3n) is 3.00. The fraction of sp³-hybridized carbons (Fsp3) is 0.133. The van der Waals surface area contributed by atoms with Crippen LogP contribution in [0.4, 0.5) is 5.82 Å². The smallest absolute Gasteiger partial charge is 0.181 e. The van der Waals surface area contributed by atoms with Crippen molar-refractivity contribution in [1.82, 2.24) is 15.0 Å². The zero-order chi connectivity index (χ0) is 13.2. The van der Waals surface area contributed by atoms with Crippen LogP contribution < -0.4 is 5.32 Å². The molecule has 1 N–H and O–H groups in total. The number of benzene rings is 1. The van der Waals surface area contributed by atoms with E-state index in [1.807, 2.05) is 44.3 Å². The number of aromatic nitrogens is 3. The van der Waals surface area contributed by atoms with Crippen LogP contribution in [0.3, 0.4) is 0 Å². The SMILES string of the molecule is CNc1cc(C)nc(-c2nccc3ccccc23)n1. The summed E-state index contributed by atoms with van der Waals surface area (Å²) in [6, 6.07) is 12.0. The van der Waals surface area contributed by atoms with Crippen LogP contribution in [0.2, 0.25) is 0 Å². The molecule has 4 nitrogen and oxygen atoms in total. The van der Waals surface area contributed by atoms with Gasteiger partial charge in [0.15, 0.2) is 5.82 Å². The van der Waals surface area contributed by atoms with Gasteiger partial charge in [-0.2, -0.15) is 0 Å². The second kappa shape index (κ2) is 4.65. The van der Waals surface area contributed by atoms with Gasteiger partial charge in [-0.1, -0.05) is 24.3 Å². The van der Waals surface area contributed by atoms with Crippen molar-refractivity contribution >= 4 is 16.6 Å². The highest BCUT2D eigenvalue weighted by atomic mass is 15.0. The molecule has 0 aliphatic carbocycles.